The summed E-state index contributed by atoms with van der Waals surface area (Å²) in [6.45, 7) is 0. The summed E-state index contributed by atoms with van der Waals surface area (Å²) in [5.74, 6) is 0.568. The minimum Gasteiger partial charge on any atom is -0.507 e. The Morgan fingerprint density at radius 3 is 0.812 bits per heavy atom. The van der Waals surface area contributed by atoms with Gasteiger partial charge in [0.1, 0.15) is 23.0 Å². The first-order valence-electron chi connectivity index (χ1n) is 16.9. The Morgan fingerprint density at radius 1 is 0.354 bits per heavy atom. The van der Waals surface area contributed by atoms with Crippen LogP contribution in [0.3, 0.4) is 0 Å². The van der Waals surface area contributed by atoms with E-state index in [4.69, 9.17) is 20.0 Å². The van der Waals surface area contributed by atoms with Crippen LogP contribution in [0.5, 0.6) is 23.0 Å². The van der Waals surface area contributed by atoms with Crippen molar-refractivity contribution in [3.63, 3.8) is 0 Å². The Kier molecular flexibility index (Phi) is 9.05. The molecule has 1 heterocycles. The largest absolute Gasteiger partial charge is 0.507 e. The van der Waals surface area contributed by atoms with Crippen LogP contribution in [0.25, 0.3) is 22.3 Å². The lowest BCUT2D eigenvalue weighted by Gasteiger charge is -2.25. The van der Waals surface area contributed by atoms with Crippen LogP contribution < -0.4 is 0 Å². The fourth-order valence-electron chi connectivity index (χ4n) is 6.93. The number of hydrogen-bond donors (Lipinski definition) is 4. The van der Waals surface area contributed by atoms with Gasteiger partial charge in [-0.15, -0.1) is 0 Å². The van der Waals surface area contributed by atoms with Crippen molar-refractivity contribution in [3.8, 4) is 45.3 Å². The van der Waals surface area contributed by atoms with Crippen molar-refractivity contribution in [2.75, 3.05) is 0 Å². The zero-order chi connectivity index (χ0) is 33.0. The standard InChI is InChI=1S/C40H40N4O4/c45-37-13-9-25-17-29(37)21-41-33-5-1-2-6-34(33)42-22-30-18-26(10-14-38(30)46)28-12-16-40(48)32(20-28)24-44-36-8-4-3-7-35(36)43-23-31-19-27(25)11-15-39(31)47/h9-24,33-36,45-48H,1-8H2/t33-,34-,35-,36-/m1/s1. The number of aromatic hydroxyl groups is 4. The number of nitrogens with zero attached hydrogens (tertiary/aromatic N) is 4. The highest BCUT2D eigenvalue weighted by molar-refractivity contribution is 5.90. The molecule has 4 aromatic rings. The minimum absolute atomic E-state index is 0.0621. The molecule has 8 heteroatoms. The monoisotopic (exact) mass is 640 g/mol. The fourth-order valence-corrected chi connectivity index (χ4v) is 6.93. The van der Waals surface area contributed by atoms with Gasteiger partial charge in [-0.05, 0) is 96.5 Å². The van der Waals surface area contributed by atoms with Gasteiger partial charge < -0.3 is 20.4 Å². The molecular weight excluding hydrogens is 600 g/mol. The van der Waals surface area contributed by atoms with Gasteiger partial charge in [-0.25, -0.2) is 0 Å². The van der Waals surface area contributed by atoms with Crippen LogP contribution >= 0.6 is 0 Å². The third kappa shape index (κ3) is 6.88. The molecule has 48 heavy (non-hydrogen) atoms. The van der Waals surface area contributed by atoms with E-state index in [1.807, 2.05) is 48.5 Å². The molecule has 8 nitrogen and oxygen atoms in total. The van der Waals surface area contributed by atoms with Crippen molar-refractivity contribution < 1.29 is 20.4 Å². The summed E-state index contributed by atoms with van der Waals surface area (Å²) >= 11 is 0. The molecule has 0 unspecified atom stereocenters. The average Bonchev–Trinajstić information content (AvgIpc) is 3.10. The molecule has 0 radical (unpaired) electrons. The van der Waals surface area contributed by atoms with Crippen LogP contribution in [0.4, 0.5) is 0 Å². The fraction of sp³-hybridized carbons (Fsp3) is 0.300. The van der Waals surface area contributed by atoms with E-state index in [0.29, 0.717) is 22.3 Å². The van der Waals surface area contributed by atoms with E-state index in [2.05, 4.69) is 0 Å². The maximum Gasteiger partial charge on any atom is 0.124 e. The van der Waals surface area contributed by atoms with E-state index in [1.54, 1.807) is 49.1 Å². The predicted molar refractivity (Wildman–Crippen MR) is 193 cm³/mol. The molecule has 0 amide bonds. The molecule has 4 atom stereocenters. The zero-order valence-corrected chi connectivity index (χ0v) is 26.8. The van der Waals surface area contributed by atoms with Gasteiger partial charge >= 0.3 is 0 Å². The topological polar surface area (TPSA) is 130 Å². The number of fused-ring (bicyclic) bond motifs is 12. The first-order valence-corrected chi connectivity index (χ1v) is 16.9. The van der Waals surface area contributed by atoms with Crippen LogP contribution in [0.15, 0.2) is 92.8 Å². The number of phenols is 4. The second kappa shape index (κ2) is 13.9. The molecule has 8 bridgehead atoms. The quantitative estimate of drug-likeness (QED) is 0.156. The Labute approximate surface area is 280 Å². The third-order valence-corrected chi connectivity index (χ3v) is 9.79. The molecule has 7 rings (SSSR count). The van der Waals surface area contributed by atoms with Crippen molar-refractivity contribution in [3.05, 3.63) is 95.1 Å². The van der Waals surface area contributed by atoms with Crippen LogP contribution in [-0.4, -0.2) is 69.5 Å². The zero-order valence-electron chi connectivity index (χ0n) is 26.8. The number of benzene rings is 4. The van der Waals surface area contributed by atoms with E-state index < -0.39 is 0 Å². The maximum atomic E-state index is 10.7. The summed E-state index contributed by atoms with van der Waals surface area (Å²) in [5.41, 5.74) is 5.98. The Bertz CT molecular complexity index is 1650. The Balaban J connectivity index is 1.32. The molecule has 0 spiro atoms. The van der Waals surface area contributed by atoms with Crippen molar-refractivity contribution in [1.82, 2.24) is 0 Å². The van der Waals surface area contributed by atoms with Crippen LogP contribution in [0.1, 0.15) is 73.6 Å². The molecule has 0 aromatic heterocycles. The highest BCUT2D eigenvalue weighted by Gasteiger charge is 2.25. The van der Waals surface area contributed by atoms with Crippen molar-refractivity contribution in [1.29, 1.82) is 0 Å². The molecule has 3 aliphatic rings. The minimum atomic E-state index is -0.0621. The second-order valence-corrected chi connectivity index (χ2v) is 13.0. The van der Waals surface area contributed by atoms with Gasteiger partial charge in [0.15, 0.2) is 0 Å². The van der Waals surface area contributed by atoms with Gasteiger partial charge in [-0.2, -0.15) is 0 Å². The summed E-state index contributed by atoms with van der Waals surface area (Å²) in [6.07, 6.45) is 14.7. The van der Waals surface area contributed by atoms with Gasteiger partial charge in [0.2, 0.25) is 0 Å². The van der Waals surface area contributed by atoms with E-state index in [-0.39, 0.29) is 47.2 Å². The van der Waals surface area contributed by atoms with Gasteiger partial charge in [0, 0.05) is 47.1 Å². The predicted octanol–water partition coefficient (Wildman–Crippen LogP) is 7.85. The van der Waals surface area contributed by atoms with Crippen LogP contribution in [0, 0.1) is 0 Å². The molecule has 2 saturated carbocycles. The Morgan fingerprint density at radius 2 is 0.583 bits per heavy atom. The lowest BCUT2D eigenvalue weighted by molar-refractivity contribution is 0.390. The summed E-state index contributed by atoms with van der Waals surface area (Å²) in [5, 5.41) is 43.0. The molecule has 2 aliphatic carbocycles. The lowest BCUT2D eigenvalue weighted by atomic mass is 9.91. The van der Waals surface area contributed by atoms with Crippen LogP contribution in [0.2, 0.25) is 0 Å². The van der Waals surface area contributed by atoms with Crippen molar-refractivity contribution in [2.24, 2.45) is 20.0 Å². The normalized spacial score (nSPS) is 22.3. The second-order valence-electron chi connectivity index (χ2n) is 13.0. The first-order chi connectivity index (χ1) is 23.4. The molecule has 2 fully saturated rings. The summed E-state index contributed by atoms with van der Waals surface area (Å²) in [6, 6.07) is 21.5. The molecule has 1 aliphatic heterocycles. The molecule has 4 N–H and O–H groups in total. The third-order valence-electron chi connectivity index (χ3n) is 9.79. The van der Waals surface area contributed by atoms with Gasteiger partial charge in [-0.1, -0.05) is 49.9 Å². The van der Waals surface area contributed by atoms with Crippen LogP contribution in [-0.2, 0) is 0 Å². The summed E-state index contributed by atoms with van der Waals surface area (Å²) in [7, 11) is 0. The molecular formula is C40H40N4O4. The Hall–Kier alpha value is -5.24. The smallest absolute Gasteiger partial charge is 0.124 e. The number of hydrogen-bond acceptors (Lipinski definition) is 8. The molecule has 4 aromatic carbocycles. The van der Waals surface area contributed by atoms with Gasteiger partial charge in [0.25, 0.3) is 0 Å². The van der Waals surface area contributed by atoms with E-state index in [1.165, 1.54) is 0 Å². The number of phenolic OH excluding ortho intramolecular Hbond substituents is 4. The lowest BCUT2D eigenvalue weighted by Crippen LogP contribution is -2.27. The SMILES string of the molecule is Oc1ccc2cc1C=N[C@@H]1CCCC[C@H]1N=Cc1cc(ccc1O)-c1ccc(O)c(c1)C=N[C@@H]1CCCC[C@H]1N=Cc1cc-2ccc1O. The maximum absolute atomic E-state index is 10.7. The number of rotatable bonds is 0. The van der Waals surface area contributed by atoms with Crippen molar-refractivity contribution in [2.45, 2.75) is 75.5 Å². The number of aliphatic imine (C=N–C) groups is 4. The highest BCUT2D eigenvalue weighted by Crippen LogP contribution is 2.32. The van der Waals surface area contributed by atoms with Crippen molar-refractivity contribution >= 4 is 24.9 Å². The van der Waals surface area contributed by atoms with E-state index >= 15 is 0 Å². The van der Waals surface area contributed by atoms with E-state index in [9.17, 15) is 20.4 Å². The summed E-state index contributed by atoms with van der Waals surface area (Å²) < 4.78 is 0. The van der Waals surface area contributed by atoms with Gasteiger partial charge in [-0.3, -0.25) is 20.0 Å². The average molecular weight is 641 g/mol. The summed E-state index contributed by atoms with van der Waals surface area (Å²) in [4.78, 5) is 19.7. The van der Waals surface area contributed by atoms with E-state index in [0.717, 1.165) is 73.6 Å². The molecule has 244 valence electrons. The highest BCUT2D eigenvalue weighted by atomic mass is 16.3. The first kappa shape index (κ1) is 31.4. The van der Waals surface area contributed by atoms with Gasteiger partial charge in [0.05, 0.1) is 24.2 Å². The molecule has 0 saturated heterocycles.